The van der Waals surface area contributed by atoms with Crippen molar-refractivity contribution in [2.75, 3.05) is 6.54 Å². The highest BCUT2D eigenvalue weighted by Crippen LogP contribution is 2.21. The maximum Gasteiger partial charge on any atom is 0.407 e. The summed E-state index contributed by atoms with van der Waals surface area (Å²) in [5.41, 5.74) is 2.82. The van der Waals surface area contributed by atoms with Crippen molar-refractivity contribution >= 4 is 12.0 Å². The first-order valence-corrected chi connectivity index (χ1v) is 9.06. The monoisotopic (exact) mass is 374 g/mol. The van der Waals surface area contributed by atoms with Crippen LogP contribution in [0.3, 0.4) is 0 Å². The summed E-state index contributed by atoms with van der Waals surface area (Å²) in [6.07, 6.45) is -0.630. The third kappa shape index (κ3) is 5.71. The Kier molecular flexibility index (Phi) is 6.79. The van der Waals surface area contributed by atoms with Crippen molar-refractivity contribution < 1.29 is 14.3 Å². The van der Waals surface area contributed by atoms with Gasteiger partial charge in [0.15, 0.2) is 0 Å². The maximum absolute atomic E-state index is 12.4. The van der Waals surface area contributed by atoms with Gasteiger partial charge in [0.1, 0.15) is 13.2 Å². The first-order chi connectivity index (χ1) is 13.7. The van der Waals surface area contributed by atoms with E-state index in [-0.39, 0.29) is 25.1 Å². The van der Waals surface area contributed by atoms with Gasteiger partial charge in [-0.3, -0.25) is 4.79 Å². The second kappa shape index (κ2) is 9.92. The van der Waals surface area contributed by atoms with E-state index in [4.69, 9.17) is 4.74 Å². The van der Waals surface area contributed by atoms with Crippen LogP contribution in [0.2, 0.25) is 0 Å². The highest BCUT2D eigenvalue weighted by molar-refractivity contribution is 5.82. The van der Waals surface area contributed by atoms with Gasteiger partial charge in [0.25, 0.3) is 0 Å². The van der Waals surface area contributed by atoms with E-state index in [0.29, 0.717) is 0 Å². The molecule has 0 aliphatic carbocycles. The van der Waals surface area contributed by atoms with Gasteiger partial charge >= 0.3 is 6.09 Å². The highest BCUT2D eigenvalue weighted by Gasteiger charge is 2.17. The van der Waals surface area contributed by atoms with Crippen molar-refractivity contribution in [1.29, 1.82) is 0 Å². The SMILES string of the molecule is O=C(CNC(=O)OCc1ccccc1)NC(c1ccccc1)c1ccccc1. The molecule has 142 valence electrons. The topological polar surface area (TPSA) is 67.4 Å². The van der Waals surface area contributed by atoms with E-state index in [1.54, 1.807) is 0 Å². The molecule has 0 unspecified atom stereocenters. The average Bonchev–Trinajstić information content (AvgIpc) is 2.76. The molecule has 2 N–H and O–H groups in total. The number of hydrogen-bond acceptors (Lipinski definition) is 3. The van der Waals surface area contributed by atoms with Crippen LogP contribution in [0.25, 0.3) is 0 Å². The summed E-state index contributed by atoms with van der Waals surface area (Å²) in [5, 5.41) is 5.46. The Morgan fingerprint density at radius 3 is 1.79 bits per heavy atom. The largest absolute Gasteiger partial charge is 0.445 e. The Balaban J connectivity index is 1.54. The van der Waals surface area contributed by atoms with Gasteiger partial charge in [-0.15, -0.1) is 0 Å². The molecule has 3 aromatic carbocycles. The lowest BCUT2D eigenvalue weighted by Gasteiger charge is -2.20. The molecule has 0 aliphatic heterocycles. The predicted molar refractivity (Wildman–Crippen MR) is 107 cm³/mol. The Labute approximate surface area is 164 Å². The molecule has 5 nitrogen and oxygen atoms in total. The predicted octanol–water partition coefficient (Wildman–Crippen LogP) is 3.82. The van der Waals surface area contributed by atoms with Crippen LogP contribution in [-0.4, -0.2) is 18.5 Å². The Morgan fingerprint density at radius 2 is 1.25 bits per heavy atom. The zero-order valence-corrected chi connectivity index (χ0v) is 15.4. The number of carbonyl (C=O) groups is 2. The number of amides is 2. The molecule has 3 aromatic rings. The van der Waals surface area contributed by atoms with Crippen molar-refractivity contribution in [2.24, 2.45) is 0 Å². The normalized spacial score (nSPS) is 10.3. The number of carbonyl (C=O) groups excluding carboxylic acids is 2. The standard InChI is InChI=1S/C23H22N2O3/c26-21(16-24-23(27)28-17-18-10-4-1-5-11-18)25-22(19-12-6-2-7-13-19)20-14-8-3-9-15-20/h1-15,22H,16-17H2,(H,24,27)(H,25,26). The zero-order valence-electron chi connectivity index (χ0n) is 15.4. The van der Waals surface area contributed by atoms with Gasteiger partial charge in [0.2, 0.25) is 5.91 Å². The van der Waals surface area contributed by atoms with Gasteiger partial charge in [-0.1, -0.05) is 91.0 Å². The van der Waals surface area contributed by atoms with Crippen LogP contribution in [0.15, 0.2) is 91.0 Å². The molecule has 0 bridgehead atoms. The van der Waals surface area contributed by atoms with Crippen LogP contribution in [0, 0.1) is 0 Å². The van der Waals surface area contributed by atoms with Crippen LogP contribution >= 0.6 is 0 Å². The summed E-state index contributed by atoms with van der Waals surface area (Å²) >= 11 is 0. The fraction of sp³-hybridized carbons (Fsp3) is 0.130. The van der Waals surface area contributed by atoms with Gasteiger partial charge < -0.3 is 15.4 Å². The van der Waals surface area contributed by atoms with Crippen molar-refractivity contribution in [3.8, 4) is 0 Å². The number of nitrogens with one attached hydrogen (secondary N) is 2. The molecule has 0 spiro atoms. The van der Waals surface area contributed by atoms with Gasteiger partial charge in [-0.25, -0.2) is 4.79 Å². The molecule has 3 rings (SSSR count). The van der Waals surface area contributed by atoms with Gasteiger partial charge in [-0.05, 0) is 16.7 Å². The van der Waals surface area contributed by atoms with E-state index in [2.05, 4.69) is 10.6 Å². The quantitative estimate of drug-likeness (QED) is 0.661. The van der Waals surface area contributed by atoms with E-state index in [1.807, 2.05) is 91.0 Å². The molecule has 0 atom stereocenters. The fourth-order valence-electron chi connectivity index (χ4n) is 2.79. The van der Waals surface area contributed by atoms with Gasteiger partial charge in [0.05, 0.1) is 6.04 Å². The second-order valence-electron chi connectivity index (χ2n) is 6.24. The molecule has 5 heteroatoms. The molecular formula is C23H22N2O3. The number of ether oxygens (including phenoxy) is 1. The molecule has 0 fully saturated rings. The third-order valence-corrected chi connectivity index (χ3v) is 4.18. The highest BCUT2D eigenvalue weighted by atomic mass is 16.5. The van der Waals surface area contributed by atoms with Crippen LogP contribution in [-0.2, 0) is 16.1 Å². The number of hydrogen-bond donors (Lipinski definition) is 2. The van der Waals surface area contributed by atoms with E-state index in [0.717, 1.165) is 16.7 Å². The third-order valence-electron chi connectivity index (χ3n) is 4.18. The van der Waals surface area contributed by atoms with Crippen molar-refractivity contribution in [2.45, 2.75) is 12.6 Å². The van der Waals surface area contributed by atoms with E-state index in [9.17, 15) is 9.59 Å². The summed E-state index contributed by atoms with van der Waals surface area (Å²) in [4.78, 5) is 24.2. The summed E-state index contributed by atoms with van der Waals surface area (Å²) < 4.78 is 5.12. The molecule has 0 radical (unpaired) electrons. The van der Waals surface area contributed by atoms with Crippen LogP contribution < -0.4 is 10.6 Å². The minimum atomic E-state index is -0.630. The molecule has 28 heavy (non-hydrogen) atoms. The summed E-state index contributed by atoms with van der Waals surface area (Å²) in [6, 6.07) is 28.5. The lowest BCUT2D eigenvalue weighted by Crippen LogP contribution is -2.39. The number of benzene rings is 3. The van der Waals surface area contributed by atoms with Crippen LogP contribution in [0.4, 0.5) is 4.79 Å². The molecule has 2 amide bonds. The zero-order chi connectivity index (χ0) is 19.6. The summed E-state index contributed by atoms with van der Waals surface area (Å²) in [6.45, 7) is -0.00522. The molecule has 0 saturated heterocycles. The van der Waals surface area contributed by atoms with Gasteiger partial charge in [0, 0.05) is 0 Å². The Morgan fingerprint density at radius 1 is 0.750 bits per heavy atom. The Hall–Kier alpha value is -3.60. The van der Waals surface area contributed by atoms with Gasteiger partial charge in [-0.2, -0.15) is 0 Å². The van der Waals surface area contributed by atoms with E-state index in [1.165, 1.54) is 0 Å². The minimum Gasteiger partial charge on any atom is -0.445 e. The average molecular weight is 374 g/mol. The van der Waals surface area contributed by atoms with Crippen molar-refractivity contribution in [1.82, 2.24) is 10.6 Å². The van der Waals surface area contributed by atoms with Crippen molar-refractivity contribution in [3.63, 3.8) is 0 Å². The number of rotatable bonds is 7. The lowest BCUT2D eigenvalue weighted by atomic mass is 9.99. The molecule has 0 saturated carbocycles. The summed E-state index contributed by atoms with van der Waals surface area (Å²) in [7, 11) is 0. The molecule has 0 aromatic heterocycles. The van der Waals surface area contributed by atoms with Crippen molar-refractivity contribution in [3.05, 3.63) is 108 Å². The molecular weight excluding hydrogens is 352 g/mol. The maximum atomic E-state index is 12.4. The summed E-state index contributed by atoms with van der Waals surface area (Å²) in [5.74, 6) is -0.297. The molecule has 0 heterocycles. The minimum absolute atomic E-state index is 0.158. The van der Waals surface area contributed by atoms with Crippen LogP contribution in [0.5, 0.6) is 0 Å². The van der Waals surface area contributed by atoms with E-state index >= 15 is 0 Å². The first-order valence-electron chi connectivity index (χ1n) is 9.06. The number of alkyl carbamates (subject to hydrolysis) is 1. The Bertz CT molecular complexity index is 844. The van der Waals surface area contributed by atoms with E-state index < -0.39 is 6.09 Å². The molecule has 0 aliphatic rings. The fourth-order valence-corrected chi connectivity index (χ4v) is 2.79. The second-order valence-corrected chi connectivity index (χ2v) is 6.24. The van der Waals surface area contributed by atoms with Crippen LogP contribution in [0.1, 0.15) is 22.7 Å². The first kappa shape index (κ1) is 19.2. The smallest absolute Gasteiger partial charge is 0.407 e. The lowest BCUT2D eigenvalue weighted by molar-refractivity contribution is -0.120.